The van der Waals surface area contributed by atoms with Crippen LogP contribution in [0.15, 0.2) is 77.3 Å². The van der Waals surface area contributed by atoms with Crippen LogP contribution in [0.1, 0.15) is 29.1 Å². The predicted molar refractivity (Wildman–Crippen MR) is 133 cm³/mol. The highest BCUT2D eigenvalue weighted by atomic mass is 35.5. The topological polar surface area (TPSA) is 41.3 Å². The summed E-state index contributed by atoms with van der Waals surface area (Å²) in [5, 5.41) is 4.74. The average molecular weight is 498 g/mol. The number of anilines is 1. The second-order valence-electron chi connectivity index (χ2n) is 7.73. The van der Waals surface area contributed by atoms with Gasteiger partial charge in [-0.2, -0.15) is 0 Å². The van der Waals surface area contributed by atoms with Gasteiger partial charge in [-0.15, -0.1) is 0 Å². The van der Waals surface area contributed by atoms with Gasteiger partial charge in [-0.05, 0) is 79.3 Å². The maximum absolute atomic E-state index is 14.0. The lowest BCUT2D eigenvalue weighted by atomic mass is 10.0. The van der Waals surface area contributed by atoms with Gasteiger partial charge in [0.1, 0.15) is 23.4 Å². The highest BCUT2D eigenvalue weighted by Crippen LogP contribution is 2.44. The van der Waals surface area contributed by atoms with E-state index in [1.54, 1.807) is 31.3 Å². The van der Waals surface area contributed by atoms with Gasteiger partial charge in [0.25, 0.3) is 0 Å². The summed E-state index contributed by atoms with van der Waals surface area (Å²) in [6.07, 6.45) is 1.74. The van der Waals surface area contributed by atoms with Crippen LogP contribution in [0.5, 0.6) is 0 Å². The Labute approximate surface area is 206 Å². The van der Waals surface area contributed by atoms with E-state index in [0.29, 0.717) is 37.8 Å². The third kappa shape index (κ3) is 3.99. The fourth-order valence-electron chi connectivity index (χ4n) is 4.05. The number of nitrogens with zero attached hydrogens (tertiary/aromatic N) is 2. The number of pyridine rings is 1. The lowest BCUT2D eigenvalue weighted by molar-refractivity contribution is 0.439. The second kappa shape index (κ2) is 8.78. The van der Waals surface area contributed by atoms with E-state index in [-0.39, 0.29) is 17.9 Å². The molecule has 0 spiro atoms. The van der Waals surface area contributed by atoms with E-state index in [4.69, 9.17) is 39.8 Å². The van der Waals surface area contributed by atoms with Crippen LogP contribution in [0.4, 0.5) is 10.1 Å². The SMILES string of the molecule is Cc1cc(N2C(=S)N[C@H](c3ccccn3)[C@@H]2c2ccc(-c3cccc(Cl)c3Cl)o2)ccc1F. The molecule has 5 rings (SSSR count). The number of halogens is 3. The fraction of sp³-hybridized carbons (Fsp3) is 0.120. The van der Waals surface area contributed by atoms with Gasteiger partial charge in [-0.1, -0.05) is 35.3 Å². The first-order valence-electron chi connectivity index (χ1n) is 10.2. The van der Waals surface area contributed by atoms with Crippen molar-refractivity contribution in [3.63, 3.8) is 0 Å². The minimum atomic E-state index is -0.357. The molecule has 4 aromatic rings. The summed E-state index contributed by atoms with van der Waals surface area (Å²) in [4.78, 5) is 6.47. The lowest BCUT2D eigenvalue weighted by Crippen LogP contribution is -2.29. The molecule has 3 heterocycles. The van der Waals surface area contributed by atoms with Crippen molar-refractivity contribution in [2.75, 3.05) is 4.90 Å². The molecule has 8 heteroatoms. The van der Waals surface area contributed by atoms with Crippen molar-refractivity contribution in [3.05, 3.63) is 106 Å². The minimum absolute atomic E-state index is 0.273. The molecule has 1 N–H and O–H groups in total. The monoisotopic (exact) mass is 497 g/mol. The van der Waals surface area contributed by atoms with Gasteiger partial charge in [0.15, 0.2) is 5.11 Å². The Morgan fingerprint density at radius 3 is 2.67 bits per heavy atom. The van der Waals surface area contributed by atoms with Crippen molar-refractivity contribution in [2.24, 2.45) is 0 Å². The molecule has 0 aliphatic carbocycles. The molecule has 0 unspecified atom stereocenters. The van der Waals surface area contributed by atoms with Crippen molar-refractivity contribution in [3.8, 4) is 11.3 Å². The molecule has 1 aliphatic rings. The molecule has 1 fully saturated rings. The quantitative estimate of drug-likeness (QED) is 0.300. The number of furan rings is 1. The fourth-order valence-corrected chi connectivity index (χ4v) is 4.79. The van der Waals surface area contributed by atoms with E-state index < -0.39 is 0 Å². The Morgan fingerprint density at radius 2 is 1.91 bits per heavy atom. The van der Waals surface area contributed by atoms with E-state index >= 15 is 0 Å². The molecular weight excluding hydrogens is 480 g/mol. The highest BCUT2D eigenvalue weighted by Gasteiger charge is 2.42. The third-order valence-electron chi connectivity index (χ3n) is 5.65. The van der Waals surface area contributed by atoms with Crippen LogP contribution in [-0.4, -0.2) is 10.1 Å². The molecule has 0 amide bonds. The first kappa shape index (κ1) is 21.9. The van der Waals surface area contributed by atoms with Crippen LogP contribution in [0.2, 0.25) is 10.0 Å². The molecule has 2 aromatic heterocycles. The van der Waals surface area contributed by atoms with Gasteiger partial charge in [0, 0.05) is 17.4 Å². The van der Waals surface area contributed by atoms with Crippen molar-refractivity contribution >= 4 is 46.2 Å². The molecular formula is C25H18Cl2FN3OS. The number of aryl methyl sites for hydroxylation is 1. The molecule has 33 heavy (non-hydrogen) atoms. The summed E-state index contributed by atoms with van der Waals surface area (Å²) in [7, 11) is 0. The zero-order valence-corrected chi connectivity index (χ0v) is 19.8. The summed E-state index contributed by atoms with van der Waals surface area (Å²) in [6.45, 7) is 1.72. The Morgan fingerprint density at radius 1 is 1.06 bits per heavy atom. The van der Waals surface area contributed by atoms with Crippen molar-refractivity contribution in [1.29, 1.82) is 0 Å². The Kier molecular flexibility index (Phi) is 5.83. The number of hydrogen-bond donors (Lipinski definition) is 1. The number of thiocarbonyl (C=S) groups is 1. The summed E-state index contributed by atoms with van der Waals surface area (Å²) in [5.74, 6) is 0.974. The number of nitrogens with one attached hydrogen (secondary N) is 1. The zero-order chi connectivity index (χ0) is 23.1. The summed E-state index contributed by atoms with van der Waals surface area (Å²) in [6, 6.07) is 19.2. The van der Waals surface area contributed by atoms with E-state index in [1.807, 2.05) is 47.4 Å². The zero-order valence-electron chi connectivity index (χ0n) is 17.4. The molecule has 0 saturated carbocycles. The maximum atomic E-state index is 14.0. The van der Waals surface area contributed by atoms with Gasteiger partial charge < -0.3 is 14.6 Å². The molecule has 166 valence electrons. The highest BCUT2D eigenvalue weighted by molar-refractivity contribution is 7.80. The Bertz CT molecular complexity index is 1340. The number of rotatable bonds is 4. The predicted octanol–water partition coefficient (Wildman–Crippen LogP) is 7.27. The summed E-state index contributed by atoms with van der Waals surface area (Å²) >= 11 is 18.3. The molecule has 1 aliphatic heterocycles. The smallest absolute Gasteiger partial charge is 0.174 e. The molecule has 2 aromatic carbocycles. The third-order valence-corrected chi connectivity index (χ3v) is 6.79. The van der Waals surface area contributed by atoms with Crippen LogP contribution in [0.25, 0.3) is 11.3 Å². The Balaban J connectivity index is 1.62. The second-order valence-corrected chi connectivity index (χ2v) is 8.91. The number of aromatic nitrogens is 1. The Hall–Kier alpha value is -2.93. The molecule has 1 saturated heterocycles. The van der Waals surface area contributed by atoms with E-state index in [0.717, 1.165) is 11.4 Å². The molecule has 2 atom stereocenters. The van der Waals surface area contributed by atoms with Crippen LogP contribution in [-0.2, 0) is 0 Å². The van der Waals surface area contributed by atoms with Crippen molar-refractivity contribution < 1.29 is 8.81 Å². The van der Waals surface area contributed by atoms with Gasteiger partial charge in [-0.25, -0.2) is 4.39 Å². The van der Waals surface area contributed by atoms with E-state index in [9.17, 15) is 4.39 Å². The largest absolute Gasteiger partial charge is 0.459 e. The molecule has 4 nitrogen and oxygen atoms in total. The van der Waals surface area contributed by atoms with Crippen molar-refractivity contribution in [2.45, 2.75) is 19.0 Å². The summed E-state index contributed by atoms with van der Waals surface area (Å²) in [5.41, 5.74) is 2.79. The van der Waals surface area contributed by atoms with E-state index in [2.05, 4.69) is 10.3 Å². The minimum Gasteiger partial charge on any atom is -0.459 e. The van der Waals surface area contributed by atoms with Gasteiger partial charge in [0.2, 0.25) is 0 Å². The molecule has 0 radical (unpaired) electrons. The first-order chi connectivity index (χ1) is 15.9. The van der Waals surface area contributed by atoms with Crippen LogP contribution in [0.3, 0.4) is 0 Å². The van der Waals surface area contributed by atoms with Crippen molar-refractivity contribution in [1.82, 2.24) is 10.3 Å². The standard InChI is InChI=1S/C25H18Cl2FN3OS/c1-14-13-15(8-9-18(14)28)31-24(23(30-25(31)33)19-7-2-3-12-29-19)21-11-10-20(32-21)16-5-4-6-17(26)22(16)27/h2-13,23-24H,1H3,(H,30,33)/t23-,24+/m1/s1. The van der Waals surface area contributed by atoms with Crippen LogP contribution < -0.4 is 10.2 Å². The van der Waals surface area contributed by atoms with Gasteiger partial charge in [-0.3, -0.25) is 4.98 Å². The lowest BCUT2D eigenvalue weighted by Gasteiger charge is -2.26. The van der Waals surface area contributed by atoms with Crippen LogP contribution in [0, 0.1) is 12.7 Å². The van der Waals surface area contributed by atoms with Crippen LogP contribution >= 0.6 is 35.4 Å². The number of benzene rings is 2. The van der Waals surface area contributed by atoms with E-state index in [1.165, 1.54) is 6.07 Å². The normalized spacial score (nSPS) is 17.9. The average Bonchev–Trinajstić information content (AvgIpc) is 3.43. The molecule has 0 bridgehead atoms. The first-order valence-corrected chi connectivity index (χ1v) is 11.4. The van der Waals surface area contributed by atoms with Gasteiger partial charge >= 0.3 is 0 Å². The van der Waals surface area contributed by atoms with Gasteiger partial charge in [0.05, 0.1) is 21.8 Å². The maximum Gasteiger partial charge on any atom is 0.174 e. The summed E-state index contributed by atoms with van der Waals surface area (Å²) < 4.78 is 20.3. The number of hydrogen-bond acceptors (Lipinski definition) is 3.